The van der Waals surface area contributed by atoms with E-state index in [2.05, 4.69) is 9.97 Å². The summed E-state index contributed by atoms with van der Waals surface area (Å²) in [7, 11) is 0. The van der Waals surface area contributed by atoms with E-state index in [4.69, 9.17) is 11.6 Å². The van der Waals surface area contributed by atoms with Crippen molar-refractivity contribution in [3.8, 4) is 0 Å². The lowest BCUT2D eigenvalue weighted by Gasteiger charge is -2.09. The lowest BCUT2D eigenvalue weighted by Crippen LogP contribution is -2.12. The summed E-state index contributed by atoms with van der Waals surface area (Å²) in [6.07, 6.45) is 4.49. The van der Waals surface area contributed by atoms with Crippen LogP contribution in [-0.4, -0.2) is 9.97 Å². The van der Waals surface area contributed by atoms with Crippen molar-refractivity contribution in [3.05, 3.63) is 55.9 Å². The standard InChI is InChI=1S/C17H15ClN2OS2/c18-10-5-7-11(8-6-10)22-9-14-19-16(21)15-12-3-1-2-4-13(12)23-17(15)20-14/h5-8H,1-4,9H2,(H,19,20,21). The maximum absolute atomic E-state index is 12.5. The van der Waals surface area contributed by atoms with E-state index in [0.717, 1.165) is 38.8 Å². The number of nitrogens with one attached hydrogen (secondary N) is 1. The van der Waals surface area contributed by atoms with Crippen LogP contribution in [0.3, 0.4) is 0 Å². The molecule has 6 heteroatoms. The summed E-state index contributed by atoms with van der Waals surface area (Å²) >= 11 is 9.24. The van der Waals surface area contributed by atoms with E-state index in [-0.39, 0.29) is 5.56 Å². The molecule has 4 rings (SSSR count). The number of halogens is 1. The second-order valence-corrected chi connectivity index (χ2v) is 8.22. The fourth-order valence-electron chi connectivity index (χ4n) is 2.96. The Bertz CT molecular complexity index is 915. The minimum atomic E-state index is 0.0149. The Hall–Kier alpha value is -1.30. The average Bonchev–Trinajstić information content (AvgIpc) is 2.93. The number of rotatable bonds is 3. The summed E-state index contributed by atoms with van der Waals surface area (Å²) in [5, 5.41) is 1.55. The Morgan fingerprint density at radius 2 is 2.00 bits per heavy atom. The monoisotopic (exact) mass is 362 g/mol. The Labute approximate surface area is 147 Å². The van der Waals surface area contributed by atoms with Crippen LogP contribution in [0.4, 0.5) is 0 Å². The minimum Gasteiger partial charge on any atom is -0.309 e. The molecule has 1 aliphatic carbocycles. The molecule has 0 bridgehead atoms. The number of thioether (sulfide) groups is 1. The molecule has 3 aromatic rings. The number of aryl methyl sites for hydroxylation is 2. The Balaban J connectivity index is 1.63. The lowest BCUT2D eigenvalue weighted by atomic mass is 9.97. The van der Waals surface area contributed by atoms with Crippen LogP contribution >= 0.6 is 34.7 Å². The van der Waals surface area contributed by atoms with Crippen LogP contribution in [0.2, 0.25) is 5.02 Å². The Kier molecular flexibility index (Phi) is 4.18. The van der Waals surface area contributed by atoms with E-state index in [9.17, 15) is 4.79 Å². The van der Waals surface area contributed by atoms with Crippen LogP contribution < -0.4 is 5.56 Å². The predicted octanol–water partition coefficient (Wildman–Crippen LogP) is 4.81. The van der Waals surface area contributed by atoms with Crippen molar-refractivity contribution in [1.82, 2.24) is 9.97 Å². The number of fused-ring (bicyclic) bond motifs is 3. The molecule has 0 saturated heterocycles. The van der Waals surface area contributed by atoms with E-state index in [1.54, 1.807) is 23.1 Å². The largest absolute Gasteiger partial charge is 0.309 e. The molecule has 1 N–H and O–H groups in total. The van der Waals surface area contributed by atoms with Gasteiger partial charge in [-0.05, 0) is 55.5 Å². The van der Waals surface area contributed by atoms with Crippen LogP contribution in [0.1, 0.15) is 29.1 Å². The summed E-state index contributed by atoms with van der Waals surface area (Å²) < 4.78 is 0. The summed E-state index contributed by atoms with van der Waals surface area (Å²) in [5.41, 5.74) is 1.25. The quantitative estimate of drug-likeness (QED) is 0.680. The van der Waals surface area contributed by atoms with Crippen LogP contribution in [0.25, 0.3) is 10.2 Å². The lowest BCUT2D eigenvalue weighted by molar-refractivity contribution is 0.700. The molecule has 0 aliphatic heterocycles. The SMILES string of the molecule is O=c1[nH]c(CSc2ccc(Cl)cc2)nc2sc3c(c12)CCCC3. The number of hydrogen-bond acceptors (Lipinski definition) is 4. The van der Waals surface area contributed by atoms with Gasteiger partial charge >= 0.3 is 0 Å². The Morgan fingerprint density at radius 3 is 2.83 bits per heavy atom. The molecule has 0 saturated carbocycles. The highest BCUT2D eigenvalue weighted by Gasteiger charge is 2.19. The topological polar surface area (TPSA) is 45.8 Å². The third kappa shape index (κ3) is 3.05. The number of aromatic amines is 1. The Morgan fingerprint density at radius 1 is 1.22 bits per heavy atom. The zero-order chi connectivity index (χ0) is 15.8. The van der Waals surface area contributed by atoms with Crippen molar-refractivity contribution < 1.29 is 0 Å². The fourth-order valence-corrected chi connectivity index (χ4v) is 5.13. The van der Waals surface area contributed by atoms with Crippen LogP contribution in [0.5, 0.6) is 0 Å². The molecule has 2 heterocycles. The molecule has 23 heavy (non-hydrogen) atoms. The van der Waals surface area contributed by atoms with Gasteiger partial charge in [-0.25, -0.2) is 4.98 Å². The van der Waals surface area contributed by atoms with Crippen LogP contribution in [0, 0.1) is 0 Å². The van der Waals surface area contributed by atoms with Gasteiger partial charge in [-0.15, -0.1) is 23.1 Å². The summed E-state index contributed by atoms with van der Waals surface area (Å²) in [4.78, 5) is 23.5. The molecule has 0 amide bonds. The number of benzene rings is 1. The molecule has 3 nitrogen and oxygen atoms in total. The molecule has 118 valence electrons. The van der Waals surface area contributed by atoms with E-state index in [1.165, 1.54) is 23.3 Å². The number of hydrogen-bond donors (Lipinski definition) is 1. The molecule has 0 atom stereocenters. The summed E-state index contributed by atoms with van der Waals surface area (Å²) in [6, 6.07) is 7.70. The van der Waals surface area contributed by atoms with Crippen molar-refractivity contribution in [1.29, 1.82) is 0 Å². The maximum atomic E-state index is 12.5. The molecule has 0 unspecified atom stereocenters. The van der Waals surface area contributed by atoms with Crippen molar-refractivity contribution >= 4 is 44.9 Å². The maximum Gasteiger partial charge on any atom is 0.259 e. The molecule has 0 radical (unpaired) electrons. The molecule has 2 aromatic heterocycles. The molecule has 0 spiro atoms. The molecule has 1 aromatic carbocycles. The third-order valence-electron chi connectivity index (χ3n) is 4.06. The van der Waals surface area contributed by atoms with Crippen molar-refractivity contribution in [2.24, 2.45) is 0 Å². The van der Waals surface area contributed by atoms with E-state index < -0.39 is 0 Å². The fraction of sp³-hybridized carbons (Fsp3) is 0.294. The number of nitrogens with zero attached hydrogens (tertiary/aromatic N) is 1. The second-order valence-electron chi connectivity index (χ2n) is 5.65. The highest BCUT2D eigenvalue weighted by molar-refractivity contribution is 7.98. The summed E-state index contributed by atoms with van der Waals surface area (Å²) in [6.45, 7) is 0. The molecule has 1 aliphatic rings. The van der Waals surface area contributed by atoms with Gasteiger partial charge in [0.25, 0.3) is 5.56 Å². The first-order chi connectivity index (χ1) is 11.2. The van der Waals surface area contributed by atoms with Crippen molar-refractivity contribution in [2.75, 3.05) is 0 Å². The number of H-pyrrole nitrogens is 1. The molecular weight excluding hydrogens is 348 g/mol. The van der Waals surface area contributed by atoms with Gasteiger partial charge in [-0.2, -0.15) is 0 Å². The van der Waals surface area contributed by atoms with Gasteiger partial charge in [0, 0.05) is 14.8 Å². The van der Waals surface area contributed by atoms with Gasteiger partial charge in [0.15, 0.2) is 0 Å². The van der Waals surface area contributed by atoms with Gasteiger partial charge in [-0.3, -0.25) is 4.79 Å². The van der Waals surface area contributed by atoms with Gasteiger partial charge in [0.1, 0.15) is 10.7 Å². The van der Waals surface area contributed by atoms with Gasteiger partial charge in [-0.1, -0.05) is 11.6 Å². The highest BCUT2D eigenvalue weighted by atomic mass is 35.5. The molecule has 0 fully saturated rings. The first-order valence-electron chi connectivity index (χ1n) is 7.62. The van der Waals surface area contributed by atoms with Crippen molar-refractivity contribution in [2.45, 2.75) is 36.3 Å². The highest BCUT2D eigenvalue weighted by Crippen LogP contribution is 2.33. The van der Waals surface area contributed by atoms with E-state index in [0.29, 0.717) is 5.75 Å². The van der Waals surface area contributed by atoms with E-state index in [1.807, 2.05) is 24.3 Å². The van der Waals surface area contributed by atoms with Gasteiger partial charge < -0.3 is 4.98 Å². The molecular formula is C17H15ClN2OS2. The summed E-state index contributed by atoms with van der Waals surface area (Å²) in [5.74, 6) is 1.39. The average molecular weight is 363 g/mol. The van der Waals surface area contributed by atoms with Crippen LogP contribution in [-0.2, 0) is 18.6 Å². The van der Waals surface area contributed by atoms with Crippen molar-refractivity contribution in [3.63, 3.8) is 0 Å². The second kappa shape index (κ2) is 6.30. The van der Waals surface area contributed by atoms with Gasteiger partial charge in [0.2, 0.25) is 0 Å². The number of thiophene rings is 1. The zero-order valence-corrected chi connectivity index (χ0v) is 14.8. The van der Waals surface area contributed by atoms with Gasteiger partial charge in [0.05, 0.1) is 11.1 Å². The normalized spacial score (nSPS) is 14.1. The predicted molar refractivity (Wildman–Crippen MR) is 97.9 cm³/mol. The third-order valence-corrected chi connectivity index (χ3v) is 6.52. The van der Waals surface area contributed by atoms with Crippen LogP contribution in [0.15, 0.2) is 34.0 Å². The first-order valence-corrected chi connectivity index (χ1v) is 9.80. The first kappa shape index (κ1) is 15.2. The zero-order valence-electron chi connectivity index (χ0n) is 12.4. The number of aromatic nitrogens is 2. The minimum absolute atomic E-state index is 0.0149. The smallest absolute Gasteiger partial charge is 0.259 e. The van der Waals surface area contributed by atoms with E-state index >= 15 is 0 Å².